The predicted octanol–water partition coefficient (Wildman–Crippen LogP) is 6.53. The van der Waals surface area contributed by atoms with Gasteiger partial charge in [0.2, 0.25) is 0 Å². The number of hydrogen-bond acceptors (Lipinski definition) is 3. The molecule has 134 valence electrons. The Labute approximate surface area is 160 Å². The molecule has 0 radical (unpaired) electrons. The fourth-order valence-electron chi connectivity index (χ4n) is 3.50. The van der Waals surface area contributed by atoms with Crippen LogP contribution in [0.25, 0.3) is 43.7 Å². The zero-order valence-electron chi connectivity index (χ0n) is 15.0. The van der Waals surface area contributed by atoms with Crippen LogP contribution in [-0.4, -0.2) is 0 Å². The van der Waals surface area contributed by atoms with E-state index in [0.29, 0.717) is 11.0 Å². The summed E-state index contributed by atoms with van der Waals surface area (Å²) < 4.78 is 10.9. The summed E-state index contributed by atoms with van der Waals surface area (Å²) in [6.07, 6.45) is 0. The monoisotopic (exact) mass is 364 g/mol. The third-order valence-corrected chi connectivity index (χ3v) is 4.81. The van der Waals surface area contributed by atoms with E-state index >= 15 is 0 Å². The minimum Gasteiger partial charge on any atom is -0.456 e. The maximum Gasteiger partial charge on any atom is 0.344 e. The smallest absolute Gasteiger partial charge is 0.344 e. The summed E-state index contributed by atoms with van der Waals surface area (Å²) in [7, 11) is 0. The van der Waals surface area contributed by atoms with E-state index < -0.39 is 0 Å². The molecule has 28 heavy (non-hydrogen) atoms. The Morgan fingerprint density at radius 3 is 1.29 bits per heavy atom. The van der Waals surface area contributed by atoms with E-state index in [4.69, 9.17) is 8.83 Å². The first-order chi connectivity index (χ1) is 13.8. The van der Waals surface area contributed by atoms with Crippen LogP contribution in [0, 0.1) is 0 Å². The second-order valence-electron chi connectivity index (χ2n) is 6.53. The number of benzene rings is 4. The van der Waals surface area contributed by atoms with Crippen LogP contribution in [0.1, 0.15) is 0 Å². The first-order valence-electron chi connectivity index (χ1n) is 9.08. The second kappa shape index (κ2) is 6.71. The van der Waals surface area contributed by atoms with Crippen molar-refractivity contribution in [2.75, 3.05) is 0 Å². The Hall–Kier alpha value is -3.85. The maximum atomic E-state index is 11.6. The molecule has 0 N–H and O–H groups in total. The van der Waals surface area contributed by atoms with Crippen LogP contribution < -0.4 is 5.63 Å². The van der Waals surface area contributed by atoms with Crippen molar-refractivity contribution in [2.24, 2.45) is 0 Å². The van der Waals surface area contributed by atoms with Gasteiger partial charge in [0.25, 0.3) is 0 Å². The van der Waals surface area contributed by atoms with Gasteiger partial charge in [-0.2, -0.15) is 0 Å². The molecule has 0 fully saturated rings. The molecule has 0 aliphatic heterocycles. The molecule has 0 amide bonds. The summed E-state index contributed by atoms with van der Waals surface area (Å²) in [4.78, 5) is 11.6. The molecule has 3 heteroatoms. The van der Waals surface area contributed by atoms with Gasteiger partial charge >= 0.3 is 5.63 Å². The van der Waals surface area contributed by atoms with Crippen molar-refractivity contribution in [3.8, 4) is 0 Å². The molecule has 0 bridgehead atoms. The Morgan fingerprint density at radius 1 is 0.393 bits per heavy atom. The predicted molar refractivity (Wildman–Crippen MR) is 114 cm³/mol. The molecule has 0 atom stereocenters. The summed E-state index contributed by atoms with van der Waals surface area (Å²) in [6, 6.07) is 31.3. The largest absolute Gasteiger partial charge is 0.456 e. The van der Waals surface area contributed by atoms with E-state index in [2.05, 4.69) is 12.1 Å². The Kier molecular flexibility index (Phi) is 3.91. The van der Waals surface area contributed by atoms with E-state index in [1.807, 2.05) is 78.9 Å². The van der Waals surface area contributed by atoms with Gasteiger partial charge in [-0.05, 0) is 29.7 Å². The van der Waals surface area contributed by atoms with E-state index in [1.54, 1.807) is 6.07 Å². The highest BCUT2D eigenvalue weighted by molar-refractivity contribution is 6.05. The number of fused-ring (bicyclic) bond motifs is 6. The summed E-state index contributed by atoms with van der Waals surface area (Å²) in [5.41, 5.74) is 2.29. The number of furan rings is 1. The molecule has 0 spiro atoms. The van der Waals surface area contributed by atoms with E-state index in [0.717, 1.165) is 21.9 Å². The number of rotatable bonds is 0. The molecule has 6 aromatic rings. The van der Waals surface area contributed by atoms with E-state index in [9.17, 15) is 4.79 Å². The molecule has 0 saturated carbocycles. The van der Waals surface area contributed by atoms with Gasteiger partial charge in [0.05, 0.1) is 5.39 Å². The van der Waals surface area contributed by atoms with Crippen molar-refractivity contribution in [1.29, 1.82) is 0 Å². The summed E-state index contributed by atoms with van der Waals surface area (Å²) >= 11 is 0. The van der Waals surface area contributed by atoms with Gasteiger partial charge in [-0.3, -0.25) is 0 Å². The van der Waals surface area contributed by atoms with Crippen LogP contribution in [0.2, 0.25) is 0 Å². The lowest BCUT2D eigenvalue weighted by atomic mass is 10.1. The topological polar surface area (TPSA) is 43.4 Å². The molecule has 6 rings (SSSR count). The number of para-hydroxylation sites is 3. The van der Waals surface area contributed by atoms with Crippen molar-refractivity contribution >= 4 is 43.7 Å². The average Bonchev–Trinajstić information content (AvgIpc) is 3.13. The minimum atomic E-state index is -0.274. The number of hydrogen-bond donors (Lipinski definition) is 0. The zero-order chi connectivity index (χ0) is 18.9. The Balaban J connectivity index is 0.000000123. The van der Waals surface area contributed by atoms with Gasteiger partial charge in [-0.15, -0.1) is 0 Å². The lowest BCUT2D eigenvalue weighted by Crippen LogP contribution is -1.98. The lowest BCUT2D eigenvalue weighted by Gasteiger charge is -2.00. The van der Waals surface area contributed by atoms with Gasteiger partial charge in [0.15, 0.2) is 0 Å². The van der Waals surface area contributed by atoms with Crippen LogP contribution in [-0.2, 0) is 0 Å². The van der Waals surface area contributed by atoms with Crippen LogP contribution >= 0.6 is 0 Å². The van der Waals surface area contributed by atoms with Crippen LogP contribution in [0.15, 0.2) is 111 Å². The SMILES string of the molecule is O=c1oc2ccccc2c2ccccc12.c1ccc2c(c1)oc1ccccc12. The molecule has 0 saturated heterocycles. The molecular weight excluding hydrogens is 348 g/mol. The zero-order valence-corrected chi connectivity index (χ0v) is 15.0. The highest BCUT2D eigenvalue weighted by Gasteiger charge is 2.05. The van der Waals surface area contributed by atoms with Crippen molar-refractivity contribution in [1.82, 2.24) is 0 Å². The molecule has 4 aromatic carbocycles. The molecule has 0 unspecified atom stereocenters. The minimum absolute atomic E-state index is 0.274. The molecule has 2 aromatic heterocycles. The van der Waals surface area contributed by atoms with Crippen LogP contribution in [0.4, 0.5) is 0 Å². The highest BCUT2D eigenvalue weighted by atomic mass is 16.4. The summed E-state index contributed by atoms with van der Waals surface area (Å²) in [6.45, 7) is 0. The molecule has 0 aliphatic carbocycles. The average molecular weight is 364 g/mol. The van der Waals surface area contributed by atoms with E-state index in [-0.39, 0.29) is 5.63 Å². The van der Waals surface area contributed by atoms with Gasteiger partial charge in [-0.1, -0.05) is 72.8 Å². The molecule has 0 aliphatic rings. The highest BCUT2D eigenvalue weighted by Crippen LogP contribution is 2.27. The fourth-order valence-corrected chi connectivity index (χ4v) is 3.50. The van der Waals surface area contributed by atoms with Crippen molar-refractivity contribution in [3.63, 3.8) is 0 Å². The first kappa shape index (κ1) is 16.3. The Bertz CT molecular complexity index is 1440. The fraction of sp³-hybridized carbons (Fsp3) is 0. The third kappa shape index (κ3) is 2.74. The van der Waals surface area contributed by atoms with Crippen LogP contribution in [0.5, 0.6) is 0 Å². The second-order valence-corrected chi connectivity index (χ2v) is 6.53. The van der Waals surface area contributed by atoms with Crippen LogP contribution in [0.3, 0.4) is 0 Å². The third-order valence-electron chi connectivity index (χ3n) is 4.81. The Morgan fingerprint density at radius 2 is 0.750 bits per heavy atom. The quantitative estimate of drug-likeness (QED) is 0.227. The normalized spacial score (nSPS) is 11.0. The lowest BCUT2D eigenvalue weighted by molar-refractivity contribution is 0.569. The van der Waals surface area contributed by atoms with Gasteiger partial charge in [0, 0.05) is 16.2 Å². The van der Waals surface area contributed by atoms with Crippen molar-refractivity contribution in [2.45, 2.75) is 0 Å². The summed E-state index contributed by atoms with van der Waals surface area (Å²) in [5.74, 6) is 0. The van der Waals surface area contributed by atoms with Gasteiger partial charge in [-0.25, -0.2) is 4.79 Å². The molecular formula is C25H16O3. The van der Waals surface area contributed by atoms with Gasteiger partial charge < -0.3 is 8.83 Å². The maximum absolute atomic E-state index is 11.6. The first-order valence-corrected chi connectivity index (χ1v) is 9.08. The standard InChI is InChI=1S/C13H8O2.C12H8O/c14-13-11-7-2-1-5-9(11)10-6-3-4-8-12(10)15-13;1-3-7-11-9(5-1)10-6-2-4-8-12(10)13-11/h1-8H;1-8H. The van der Waals surface area contributed by atoms with Crippen molar-refractivity contribution in [3.05, 3.63) is 107 Å². The molecule has 3 nitrogen and oxygen atoms in total. The summed E-state index contributed by atoms with van der Waals surface area (Å²) in [5, 5.41) is 4.95. The molecule has 2 heterocycles. The van der Waals surface area contributed by atoms with E-state index in [1.165, 1.54) is 10.8 Å². The van der Waals surface area contributed by atoms with Crippen molar-refractivity contribution < 1.29 is 8.83 Å². The van der Waals surface area contributed by atoms with Gasteiger partial charge in [0.1, 0.15) is 16.7 Å².